The standard InChI is InChI=1S/C32H48O4/c1-19-9-15-31-18-17-30(8)29(7)14-10-22-27(4,5)24(35-21(3)33)12-13-28(22,6)23(29)11-16-32(30,36-26(31)34)25(31)20(19)2/h11,16,19-20,22-25H,9-10,12-15,17-18H2,1-8H3/t19-,20+,22-,23+,24+,25-,28+,29-,30+,31+,32+/m1/s1. The van der Waals surface area contributed by atoms with Gasteiger partial charge in [0.15, 0.2) is 0 Å². The van der Waals surface area contributed by atoms with Gasteiger partial charge >= 0.3 is 11.9 Å². The summed E-state index contributed by atoms with van der Waals surface area (Å²) in [6.45, 7) is 18.6. The third-order valence-corrected chi connectivity index (χ3v) is 14.1. The number of rotatable bonds is 1. The van der Waals surface area contributed by atoms with Gasteiger partial charge in [-0.1, -0.05) is 54.5 Å². The van der Waals surface area contributed by atoms with Crippen LogP contribution in [-0.2, 0) is 19.1 Å². The fourth-order valence-electron chi connectivity index (χ4n) is 11.8. The van der Waals surface area contributed by atoms with Gasteiger partial charge in [-0.25, -0.2) is 0 Å². The van der Waals surface area contributed by atoms with Gasteiger partial charge in [0.25, 0.3) is 0 Å². The van der Waals surface area contributed by atoms with Crippen molar-refractivity contribution in [2.24, 2.45) is 56.7 Å². The third-order valence-electron chi connectivity index (χ3n) is 14.1. The zero-order valence-electron chi connectivity index (χ0n) is 23.9. The Kier molecular flexibility index (Phi) is 5.00. The summed E-state index contributed by atoms with van der Waals surface area (Å²) in [5, 5.41) is 0. The van der Waals surface area contributed by atoms with Gasteiger partial charge < -0.3 is 9.47 Å². The molecule has 1 heterocycles. The second-order valence-electron chi connectivity index (χ2n) is 15.3. The highest BCUT2D eigenvalue weighted by Crippen LogP contribution is 2.79. The molecule has 0 amide bonds. The predicted molar refractivity (Wildman–Crippen MR) is 140 cm³/mol. The van der Waals surface area contributed by atoms with E-state index >= 15 is 0 Å². The molecule has 0 aromatic rings. The molecule has 4 saturated carbocycles. The third kappa shape index (κ3) is 2.58. The summed E-state index contributed by atoms with van der Waals surface area (Å²) >= 11 is 0. The zero-order chi connectivity index (χ0) is 26.1. The Morgan fingerprint density at radius 3 is 2.39 bits per heavy atom. The van der Waals surface area contributed by atoms with E-state index in [0.29, 0.717) is 23.7 Å². The molecule has 0 unspecified atom stereocenters. The van der Waals surface area contributed by atoms with E-state index in [1.807, 2.05) is 0 Å². The molecule has 0 aromatic carbocycles. The lowest BCUT2D eigenvalue weighted by Gasteiger charge is -2.72. The van der Waals surface area contributed by atoms with Crippen LogP contribution in [0.2, 0.25) is 0 Å². The molecule has 1 spiro atoms. The molecule has 200 valence electrons. The molecule has 5 fully saturated rings. The first-order valence-corrected chi connectivity index (χ1v) is 14.8. The van der Waals surface area contributed by atoms with Gasteiger partial charge in [0.2, 0.25) is 0 Å². The minimum absolute atomic E-state index is 0.0115. The van der Waals surface area contributed by atoms with Gasteiger partial charge in [0.1, 0.15) is 11.7 Å². The number of hydrogen-bond donors (Lipinski definition) is 0. The van der Waals surface area contributed by atoms with E-state index in [2.05, 4.69) is 60.6 Å². The summed E-state index contributed by atoms with van der Waals surface area (Å²) in [5.74, 6) is 2.27. The number of ether oxygens (including phenoxy) is 2. The van der Waals surface area contributed by atoms with Crippen LogP contribution in [0.4, 0.5) is 0 Å². The predicted octanol–water partition coefficient (Wildman–Crippen LogP) is 7.11. The molecular weight excluding hydrogens is 448 g/mol. The highest BCUT2D eigenvalue weighted by molar-refractivity contribution is 5.82. The molecule has 0 aromatic heterocycles. The lowest BCUT2D eigenvalue weighted by Crippen LogP contribution is -2.71. The topological polar surface area (TPSA) is 52.6 Å². The monoisotopic (exact) mass is 496 g/mol. The highest BCUT2D eigenvalue weighted by atomic mass is 16.6. The number of esters is 2. The molecule has 5 aliphatic carbocycles. The van der Waals surface area contributed by atoms with E-state index in [-0.39, 0.29) is 51.0 Å². The SMILES string of the molecule is CC(=O)O[C@H]1CC[C@@]2(C)[C@H](CC[C@]3(C)[C@H]2C=C[C@]24OC(=O)[C@@]5(CC[C@@H](C)[C@H](C)[C@H]52)CC[C@]43C)C1(C)C. The Hall–Kier alpha value is -1.32. The Morgan fingerprint density at radius 2 is 1.69 bits per heavy atom. The van der Waals surface area contributed by atoms with Crippen LogP contribution in [-0.4, -0.2) is 23.6 Å². The lowest BCUT2D eigenvalue weighted by atomic mass is 9.32. The first-order chi connectivity index (χ1) is 16.7. The van der Waals surface area contributed by atoms with E-state index in [1.54, 1.807) is 6.92 Å². The molecular formula is C32H48O4. The average molecular weight is 497 g/mol. The van der Waals surface area contributed by atoms with Gasteiger partial charge in [-0.2, -0.15) is 0 Å². The minimum atomic E-state index is -0.477. The number of hydrogen-bond acceptors (Lipinski definition) is 4. The van der Waals surface area contributed by atoms with Crippen molar-refractivity contribution in [2.45, 2.75) is 118 Å². The largest absolute Gasteiger partial charge is 0.462 e. The maximum atomic E-state index is 13.7. The zero-order valence-corrected chi connectivity index (χ0v) is 23.9. The maximum absolute atomic E-state index is 13.7. The summed E-state index contributed by atoms with van der Waals surface area (Å²) in [5.41, 5.74) is -0.681. The van der Waals surface area contributed by atoms with E-state index in [9.17, 15) is 9.59 Å². The Balaban J connectivity index is 1.46. The molecule has 1 saturated heterocycles. The second-order valence-corrected chi connectivity index (χ2v) is 15.3. The molecule has 36 heavy (non-hydrogen) atoms. The lowest BCUT2D eigenvalue weighted by molar-refractivity contribution is -0.247. The van der Waals surface area contributed by atoms with Crippen molar-refractivity contribution in [3.63, 3.8) is 0 Å². The van der Waals surface area contributed by atoms with Crippen LogP contribution in [0.1, 0.15) is 107 Å². The van der Waals surface area contributed by atoms with Crippen LogP contribution in [0.15, 0.2) is 12.2 Å². The van der Waals surface area contributed by atoms with E-state index < -0.39 is 5.60 Å². The van der Waals surface area contributed by atoms with Crippen molar-refractivity contribution in [1.82, 2.24) is 0 Å². The molecule has 4 nitrogen and oxygen atoms in total. The van der Waals surface area contributed by atoms with Crippen molar-refractivity contribution in [2.75, 3.05) is 0 Å². The van der Waals surface area contributed by atoms with E-state index in [4.69, 9.17) is 9.47 Å². The van der Waals surface area contributed by atoms with Crippen molar-refractivity contribution >= 4 is 11.9 Å². The normalized spacial score (nSPS) is 56.5. The van der Waals surface area contributed by atoms with Gasteiger partial charge in [0.05, 0.1) is 5.41 Å². The molecule has 6 rings (SSSR count). The second kappa shape index (κ2) is 7.20. The number of allylic oxidation sites excluding steroid dienone is 1. The highest BCUT2D eigenvalue weighted by Gasteiger charge is 2.80. The summed E-state index contributed by atoms with van der Waals surface area (Å²) < 4.78 is 12.6. The van der Waals surface area contributed by atoms with Crippen LogP contribution in [0.5, 0.6) is 0 Å². The Bertz CT molecular complexity index is 1030. The molecule has 4 heteroatoms. The van der Waals surface area contributed by atoms with Crippen LogP contribution in [0.25, 0.3) is 0 Å². The molecule has 11 atom stereocenters. The minimum Gasteiger partial charge on any atom is -0.462 e. The maximum Gasteiger partial charge on any atom is 0.313 e. The number of fused-ring (bicyclic) bond motifs is 4. The van der Waals surface area contributed by atoms with E-state index in [0.717, 1.165) is 51.4 Å². The van der Waals surface area contributed by atoms with Crippen molar-refractivity contribution in [1.29, 1.82) is 0 Å². The average Bonchev–Trinajstić information content (AvgIpc) is 2.99. The van der Waals surface area contributed by atoms with Gasteiger partial charge in [-0.15, -0.1) is 0 Å². The molecule has 6 aliphatic rings. The Labute approximate surface area is 218 Å². The van der Waals surface area contributed by atoms with Crippen molar-refractivity contribution in [3.8, 4) is 0 Å². The summed E-state index contributed by atoms with van der Waals surface area (Å²) in [7, 11) is 0. The first-order valence-electron chi connectivity index (χ1n) is 14.8. The van der Waals surface area contributed by atoms with Gasteiger partial charge in [0, 0.05) is 23.7 Å². The van der Waals surface area contributed by atoms with Crippen LogP contribution in [0.3, 0.4) is 0 Å². The van der Waals surface area contributed by atoms with Crippen LogP contribution < -0.4 is 0 Å². The summed E-state index contributed by atoms with van der Waals surface area (Å²) in [6, 6.07) is 0. The molecule has 0 N–H and O–H groups in total. The number of carbonyl (C=O) groups excluding carboxylic acids is 2. The molecule has 2 bridgehead atoms. The fourth-order valence-corrected chi connectivity index (χ4v) is 11.8. The van der Waals surface area contributed by atoms with E-state index in [1.165, 1.54) is 0 Å². The van der Waals surface area contributed by atoms with Crippen molar-refractivity contribution < 1.29 is 19.1 Å². The van der Waals surface area contributed by atoms with Gasteiger partial charge in [-0.05, 0) is 91.9 Å². The summed E-state index contributed by atoms with van der Waals surface area (Å²) in [4.78, 5) is 25.6. The number of carbonyl (C=O) groups is 2. The molecule has 1 aliphatic heterocycles. The summed E-state index contributed by atoms with van der Waals surface area (Å²) in [6.07, 6.45) is 13.4. The smallest absolute Gasteiger partial charge is 0.313 e. The molecule has 0 radical (unpaired) electrons. The quantitative estimate of drug-likeness (QED) is 0.287. The first kappa shape index (κ1) is 25.0. The van der Waals surface area contributed by atoms with Gasteiger partial charge in [-0.3, -0.25) is 9.59 Å². The Morgan fingerprint density at radius 1 is 0.972 bits per heavy atom. The van der Waals surface area contributed by atoms with Crippen LogP contribution >= 0.6 is 0 Å². The fraction of sp³-hybridized carbons (Fsp3) is 0.875. The van der Waals surface area contributed by atoms with Crippen molar-refractivity contribution in [3.05, 3.63) is 12.2 Å². The van der Waals surface area contributed by atoms with Crippen LogP contribution in [0, 0.1) is 56.7 Å².